The van der Waals surface area contributed by atoms with Gasteiger partial charge in [0.15, 0.2) is 0 Å². The summed E-state index contributed by atoms with van der Waals surface area (Å²) in [5, 5.41) is 0. The highest BCUT2D eigenvalue weighted by Crippen LogP contribution is 2.42. The van der Waals surface area contributed by atoms with E-state index in [2.05, 4.69) is 24.1 Å². The van der Waals surface area contributed by atoms with Crippen LogP contribution in [-0.4, -0.2) is 38.1 Å². The molecule has 0 radical (unpaired) electrons. The molecule has 1 aromatic rings. The van der Waals surface area contributed by atoms with Gasteiger partial charge in [0.1, 0.15) is 0 Å². The first-order chi connectivity index (χ1) is 9.19. The van der Waals surface area contributed by atoms with E-state index in [1.165, 1.54) is 44.2 Å². The van der Waals surface area contributed by atoms with Crippen LogP contribution in [0, 0.1) is 5.92 Å². The van der Waals surface area contributed by atoms with E-state index in [1.54, 1.807) is 0 Å². The quantitative estimate of drug-likeness (QED) is 0.764. The van der Waals surface area contributed by atoms with E-state index in [4.69, 9.17) is 4.74 Å². The number of carbonyl (C=O) groups excluding carboxylic acids is 1. The predicted octanol–water partition coefficient (Wildman–Crippen LogP) is 2.45. The van der Waals surface area contributed by atoms with Crippen molar-refractivity contribution in [2.24, 2.45) is 5.92 Å². The molecule has 0 N–H and O–H groups in total. The first-order valence-electron chi connectivity index (χ1n) is 7.08. The number of esters is 1. The van der Waals surface area contributed by atoms with Gasteiger partial charge in [-0.15, -0.1) is 0 Å². The molecule has 2 unspecified atom stereocenters. The molecule has 102 valence electrons. The fourth-order valence-corrected chi connectivity index (χ4v) is 3.67. The lowest BCUT2D eigenvalue weighted by Crippen LogP contribution is -2.17. The Balaban J connectivity index is 1.88. The lowest BCUT2D eigenvalue weighted by molar-refractivity contribution is 0.0600. The summed E-state index contributed by atoms with van der Waals surface area (Å²) in [5.41, 5.74) is 3.51. The molecule has 2 atom stereocenters. The van der Waals surface area contributed by atoms with Gasteiger partial charge in [-0.3, -0.25) is 0 Å². The second kappa shape index (κ2) is 4.97. The van der Waals surface area contributed by atoms with Gasteiger partial charge in [0, 0.05) is 6.54 Å². The Morgan fingerprint density at radius 2 is 2.21 bits per heavy atom. The van der Waals surface area contributed by atoms with E-state index >= 15 is 0 Å². The number of hydrogen-bond donors (Lipinski definition) is 0. The molecule has 0 aromatic heterocycles. The molecule has 3 heteroatoms. The van der Waals surface area contributed by atoms with Gasteiger partial charge in [-0.1, -0.05) is 6.07 Å². The van der Waals surface area contributed by atoms with Crippen LogP contribution in [0.25, 0.3) is 0 Å². The van der Waals surface area contributed by atoms with Crippen LogP contribution >= 0.6 is 0 Å². The number of ether oxygens (including phenoxy) is 1. The zero-order valence-electron chi connectivity index (χ0n) is 11.7. The van der Waals surface area contributed by atoms with Crippen molar-refractivity contribution < 1.29 is 9.53 Å². The molecule has 0 bridgehead atoms. The van der Waals surface area contributed by atoms with Gasteiger partial charge in [0.2, 0.25) is 0 Å². The van der Waals surface area contributed by atoms with E-state index in [9.17, 15) is 4.79 Å². The Morgan fingerprint density at radius 3 is 2.89 bits per heavy atom. The van der Waals surface area contributed by atoms with Gasteiger partial charge >= 0.3 is 5.97 Å². The molecule has 1 aliphatic heterocycles. The maximum absolute atomic E-state index is 11.7. The number of benzene rings is 1. The third-order valence-corrected chi connectivity index (χ3v) is 4.69. The molecule has 1 aliphatic carbocycles. The van der Waals surface area contributed by atoms with Crippen LogP contribution < -0.4 is 0 Å². The van der Waals surface area contributed by atoms with Crippen molar-refractivity contribution in [1.29, 1.82) is 0 Å². The minimum atomic E-state index is -0.225. The fourth-order valence-electron chi connectivity index (χ4n) is 3.67. The molecule has 1 fully saturated rings. The van der Waals surface area contributed by atoms with Crippen LogP contribution in [0.5, 0.6) is 0 Å². The summed E-state index contributed by atoms with van der Waals surface area (Å²) >= 11 is 0. The largest absolute Gasteiger partial charge is 0.465 e. The van der Waals surface area contributed by atoms with Crippen molar-refractivity contribution >= 4 is 5.97 Å². The van der Waals surface area contributed by atoms with Crippen LogP contribution in [0.3, 0.4) is 0 Å². The Bertz CT molecular complexity index is 498. The third kappa shape index (κ3) is 2.27. The Morgan fingerprint density at radius 1 is 1.37 bits per heavy atom. The number of hydrogen-bond acceptors (Lipinski definition) is 3. The molecule has 0 spiro atoms. The van der Waals surface area contributed by atoms with Crippen LogP contribution in [0.2, 0.25) is 0 Å². The Kier molecular flexibility index (Phi) is 3.31. The van der Waals surface area contributed by atoms with E-state index < -0.39 is 0 Å². The molecule has 3 rings (SSSR count). The van der Waals surface area contributed by atoms with Crippen molar-refractivity contribution in [2.45, 2.75) is 25.2 Å². The van der Waals surface area contributed by atoms with Crippen molar-refractivity contribution in [2.75, 3.05) is 27.2 Å². The maximum atomic E-state index is 11.7. The predicted molar refractivity (Wildman–Crippen MR) is 74.4 cm³/mol. The zero-order valence-corrected chi connectivity index (χ0v) is 11.7. The first kappa shape index (κ1) is 12.7. The van der Waals surface area contributed by atoms with Crippen LogP contribution in [0.15, 0.2) is 18.2 Å². The highest BCUT2D eigenvalue weighted by molar-refractivity contribution is 5.89. The number of carbonyl (C=O) groups is 1. The van der Waals surface area contributed by atoms with E-state index in [0.717, 1.165) is 12.3 Å². The average Bonchev–Trinajstić information content (AvgIpc) is 3.02. The van der Waals surface area contributed by atoms with E-state index in [0.29, 0.717) is 11.5 Å². The molecule has 3 nitrogen and oxygen atoms in total. The highest BCUT2D eigenvalue weighted by atomic mass is 16.5. The summed E-state index contributed by atoms with van der Waals surface area (Å²) in [5.74, 6) is 1.15. The van der Waals surface area contributed by atoms with E-state index in [-0.39, 0.29) is 5.97 Å². The molecule has 19 heavy (non-hydrogen) atoms. The highest BCUT2D eigenvalue weighted by Gasteiger charge is 2.33. The molecule has 1 heterocycles. The number of likely N-dealkylation sites (tertiary alicyclic amines) is 1. The number of nitrogens with zero attached hydrogens (tertiary/aromatic N) is 1. The summed E-state index contributed by atoms with van der Waals surface area (Å²) in [6.07, 6.45) is 3.67. The van der Waals surface area contributed by atoms with Crippen molar-refractivity contribution in [3.8, 4) is 0 Å². The Hall–Kier alpha value is -1.35. The standard InChI is InChI=1S/C16H21NO2/c1-17-8-7-13(10-17)14-6-5-11-3-4-12(9-15(11)14)16(18)19-2/h3-4,9,13-14H,5-8,10H2,1-2H3. The average molecular weight is 259 g/mol. The number of rotatable bonds is 2. The summed E-state index contributed by atoms with van der Waals surface area (Å²) < 4.78 is 4.83. The van der Waals surface area contributed by atoms with Crippen molar-refractivity contribution in [3.05, 3.63) is 34.9 Å². The number of fused-ring (bicyclic) bond motifs is 1. The molecular weight excluding hydrogens is 238 g/mol. The second-order valence-electron chi connectivity index (χ2n) is 5.86. The normalized spacial score (nSPS) is 26.4. The maximum Gasteiger partial charge on any atom is 0.337 e. The third-order valence-electron chi connectivity index (χ3n) is 4.69. The second-order valence-corrected chi connectivity index (χ2v) is 5.86. The van der Waals surface area contributed by atoms with Crippen LogP contribution in [-0.2, 0) is 11.2 Å². The molecule has 2 aliphatic rings. The summed E-state index contributed by atoms with van der Waals surface area (Å²) in [7, 11) is 3.64. The molecule has 0 saturated carbocycles. The minimum absolute atomic E-state index is 0.225. The minimum Gasteiger partial charge on any atom is -0.465 e. The van der Waals surface area contributed by atoms with Gasteiger partial charge < -0.3 is 9.64 Å². The summed E-state index contributed by atoms with van der Waals surface area (Å²) in [6, 6.07) is 6.07. The lowest BCUT2D eigenvalue weighted by atomic mass is 9.86. The van der Waals surface area contributed by atoms with Gasteiger partial charge in [-0.05, 0) is 68.0 Å². The Labute approximate surface area is 114 Å². The van der Waals surface area contributed by atoms with Gasteiger partial charge in [-0.2, -0.15) is 0 Å². The SMILES string of the molecule is COC(=O)c1ccc2c(c1)C(C1CCN(C)C1)CC2. The smallest absolute Gasteiger partial charge is 0.337 e. The fraction of sp³-hybridized carbons (Fsp3) is 0.562. The molecule has 1 aromatic carbocycles. The molecule has 0 amide bonds. The number of methoxy groups -OCH3 is 1. The monoisotopic (exact) mass is 259 g/mol. The van der Waals surface area contributed by atoms with Crippen molar-refractivity contribution in [3.63, 3.8) is 0 Å². The van der Waals surface area contributed by atoms with Gasteiger partial charge in [0.05, 0.1) is 12.7 Å². The first-order valence-corrected chi connectivity index (χ1v) is 7.08. The lowest BCUT2D eigenvalue weighted by Gasteiger charge is -2.20. The summed E-state index contributed by atoms with van der Waals surface area (Å²) in [4.78, 5) is 14.1. The van der Waals surface area contributed by atoms with Gasteiger partial charge in [-0.25, -0.2) is 4.79 Å². The number of aryl methyl sites for hydroxylation is 1. The molecular formula is C16H21NO2. The summed E-state index contributed by atoms with van der Waals surface area (Å²) in [6.45, 7) is 2.39. The molecule has 1 saturated heterocycles. The topological polar surface area (TPSA) is 29.5 Å². The van der Waals surface area contributed by atoms with Gasteiger partial charge in [0.25, 0.3) is 0 Å². The van der Waals surface area contributed by atoms with Crippen LogP contribution in [0.1, 0.15) is 40.2 Å². The van der Waals surface area contributed by atoms with E-state index in [1.807, 2.05) is 6.07 Å². The zero-order chi connectivity index (χ0) is 13.4. The van der Waals surface area contributed by atoms with Crippen molar-refractivity contribution in [1.82, 2.24) is 4.90 Å². The van der Waals surface area contributed by atoms with Crippen LogP contribution in [0.4, 0.5) is 0 Å².